The fourth-order valence-corrected chi connectivity index (χ4v) is 2.85. The maximum atomic E-state index is 12.9. The van der Waals surface area contributed by atoms with Crippen molar-refractivity contribution in [2.45, 2.75) is 38.3 Å². The number of amides is 1. The third kappa shape index (κ3) is 3.37. The molecule has 6 heteroatoms. The lowest BCUT2D eigenvalue weighted by atomic mass is 9.73. The topological polar surface area (TPSA) is 55.1 Å². The monoisotopic (exact) mass is 300 g/mol. The average molecular weight is 300 g/mol. The highest BCUT2D eigenvalue weighted by Crippen LogP contribution is 2.39. The van der Waals surface area contributed by atoms with Crippen molar-refractivity contribution in [2.24, 2.45) is 11.1 Å². The van der Waals surface area contributed by atoms with E-state index < -0.39 is 23.1 Å². The van der Waals surface area contributed by atoms with E-state index in [0.29, 0.717) is 12.8 Å². The van der Waals surface area contributed by atoms with Crippen LogP contribution in [0.3, 0.4) is 0 Å². The number of hydrogen-bond acceptors (Lipinski definition) is 2. The molecule has 0 saturated heterocycles. The molecular formula is C15H19F3N2O. The fourth-order valence-electron chi connectivity index (χ4n) is 2.85. The minimum atomic E-state index is -4.49. The highest BCUT2D eigenvalue weighted by Gasteiger charge is 2.40. The summed E-state index contributed by atoms with van der Waals surface area (Å²) in [6.07, 6.45) is -0.440. The van der Waals surface area contributed by atoms with Crippen molar-refractivity contribution in [1.29, 1.82) is 0 Å². The third-order valence-electron chi connectivity index (χ3n) is 4.16. The summed E-state index contributed by atoms with van der Waals surface area (Å²) in [5.74, 6) is -0.401. The molecule has 1 fully saturated rings. The standard InChI is InChI=1S/C15H19F3N2O/c16-15(17,18)11-6-2-3-7-12(11)20-13(21)14(10-19)8-4-1-5-9-14/h2-3,6-7H,1,4-5,8-10,19H2,(H,20,21). The number of halogens is 3. The molecule has 0 heterocycles. The van der Waals surface area contributed by atoms with E-state index in [-0.39, 0.29) is 12.2 Å². The molecular weight excluding hydrogens is 281 g/mol. The van der Waals surface area contributed by atoms with E-state index in [1.54, 1.807) is 0 Å². The Balaban J connectivity index is 2.23. The van der Waals surface area contributed by atoms with E-state index >= 15 is 0 Å². The van der Waals surface area contributed by atoms with E-state index in [4.69, 9.17) is 5.73 Å². The smallest absolute Gasteiger partial charge is 0.329 e. The summed E-state index contributed by atoms with van der Waals surface area (Å²) in [5, 5.41) is 2.44. The first-order chi connectivity index (χ1) is 9.89. The summed E-state index contributed by atoms with van der Waals surface area (Å²) in [5.41, 5.74) is 3.96. The zero-order valence-electron chi connectivity index (χ0n) is 11.7. The molecule has 1 aromatic carbocycles. The zero-order chi connectivity index (χ0) is 15.5. The SMILES string of the molecule is NCC1(C(=O)Nc2ccccc2C(F)(F)F)CCCCC1. The number of carbonyl (C=O) groups is 1. The van der Waals surface area contributed by atoms with Gasteiger partial charge in [0.05, 0.1) is 16.7 Å². The minimum Gasteiger partial charge on any atom is -0.329 e. The van der Waals surface area contributed by atoms with Gasteiger partial charge in [0.25, 0.3) is 0 Å². The molecule has 1 aliphatic rings. The van der Waals surface area contributed by atoms with Gasteiger partial charge in [-0.3, -0.25) is 4.79 Å². The van der Waals surface area contributed by atoms with Gasteiger partial charge in [-0.2, -0.15) is 13.2 Å². The number of alkyl halides is 3. The molecule has 0 radical (unpaired) electrons. The van der Waals surface area contributed by atoms with Crippen LogP contribution in [0.2, 0.25) is 0 Å². The van der Waals surface area contributed by atoms with Crippen molar-refractivity contribution in [1.82, 2.24) is 0 Å². The van der Waals surface area contributed by atoms with Crippen LogP contribution in [0.5, 0.6) is 0 Å². The van der Waals surface area contributed by atoms with Crippen LogP contribution >= 0.6 is 0 Å². The highest BCUT2D eigenvalue weighted by molar-refractivity contribution is 5.96. The van der Waals surface area contributed by atoms with Crippen molar-refractivity contribution in [3.05, 3.63) is 29.8 Å². The van der Waals surface area contributed by atoms with Crippen LogP contribution in [0.4, 0.5) is 18.9 Å². The lowest BCUT2D eigenvalue weighted by molar-refractivity contribution is -0.137. The number of hydrogen-bond donors (Lipinski definition) is 2. The lowest BCUT2D eigenvalue weighted by Crippen LogP contribution is -2.44. The first kappa shape index (κ1) is 15.8. The van der Waals surface area contributed by atoms with Crippen LogP contribution in [0.15, 0.2) is 24.3 Å². The second-order valence-corrected chi connectivity index (χ2v) is 5.54. The predicted octanol–water partition coefficient (Wildman–Crippen LogP) is 3.55. The molecule has 0 aliphatic heterocycles. The number of para-hydroxylation sites is 1. The summed E-state index contributed by atoms with van der Waals surface area (Å²) in [7, 11) is 0. The number of anilines is 1. The molecule has 0 atom stereocenters. The second kappa shape index (κ2) is 6.05. The number of nitrogens with one attached hydrogen (secondary N) is 1. The maximum absolute atomic E-state index is 12.9. The Labute approximate surface area is 121 Å². The van der Waals surface area contributed by atoms with Crippen LogP contribution in [0.1, 0.15) is 37.7 Å². The van der Waals surface area contributed by atoms with Crippen LogP contribution in [0.25, 0.3) is 0 Å². The van der Waals surface area contributed by atoms with Gasteiger partial charge in [-0.05, 0) is 25.0 Å². The molecule has 1 aliphatic carbocycles. The highest BCUT2D eigenvalue weighted by atomic mass is 19.4. The van der Waals surface area contributed by atoms with E-state index in [1.165, 1.54) is 18.2 Å². The van der Waals surface area contributed by atoms with Gasteiger partial charge in [-0.1, -0.05) is 31.4 Å². The molecule has 0 spiro atoms. The second-order valence-electron chi connectivity index (χ2n) is 5.54. The van der Waals surface area contributed by atoms with Crippen molar-refractivity contribution in [3.63, 3.8) is 0 Å². The molecule has 2 rings (SSSR count). The van der Waals surface area contributed by atoms with Gasteiger partial charge in [-0.15, -0.1) is 0 Å². The summed E-state index contributed by atoms with van der Waals surface area (Å²) in [6, 6.07) is 5.01. The largest absolute Gasteiger partial charge is 0.418 e. The summed E-state index contributed by atoms with van der Waals surface area (Å²) >= 11 is 0. The van der Waals surface area contributed by atoms with Crippen molar-refractivity contribution >= 4 is 11.6 Å². The molecule has 116 valence electrons. The van der Waals surface area contributed by atoms with Crippen LogP contribution in [-0.4, -0.2) is 12.5 Å². The number of benzene rings is 1. The van der Waals surface area contributed by atoms with Crippen LogP contribution in [-0.2, 0) is 11.0 Å². The average Bonchev–Trinajstić information content (AvgIpc) is 2.47. The Bertz CT molecular complexity index is 508. The quantitative estimate of drug-likeness (QED) is 0.897. The Kier molecular flexibility index (Phi) is 4.56. The zero-order valence-corrected chi connectivity index (χ0v) is 11.7. The normalized spacial score (nSPS) is 18.3. The van der Waals surface area contributed by atoms with Crippen LogP contribution in [0, 0.1) is 5.41 Å². The molecule has 0 bridgehead atoms. The van der Waals surface area contributed by atoms with Gasteiger partial charge >= 0.3 is 6.18 Å². The molecule has 1 aromatic rings. The van der Waals surface area contributed by atoms with Crippen LogP contribution < -0.4 is 11.1 Å². The Morgan fingerprint density at radius 1 is 1.19 bits per heavy atom. The lowest BCUT2D eigenvalue weighted by Gasteiger charge is -2.34. The van der Waals surface area contributed by atoms with E-state index in [0.717, 1.165) is 25.3 Å². The molecule has 3 N–H and O–H groups in total. The van der Waals surface area contributed by atoms with Crippen molar-refractivity contribution < 1.29 is 18.0 Å². The van der Waals surface area contributed by atoms with Gasteiger partial charge < -0.3 is 11.1 Å². The number of carbonyl (C=O) groups excluding carboxylic acids is 1. The molecule has 3 nitrogen and oxygen atoms in total. The Hall–Kier alpha value is -1.56. The van der Waals surface area contributed by atoms with E-state index in [2.05, 4.69) is 5.32 Å². The molecule has 21 heavy (non-hydrogen) atoms. The van der Waals surface area contributed by atoms with Gasteiger partial charge in [0.15, 0.2) is 0 Å². The molecule has 0 aromatic heterocycles. The van der Waals surface area contributed by atoms with E-state index in [1.807, 2.05) is 0 Å². The first-order valence-electron chi connectivity index (χ1n) is 7.07. The van der Waals surface area contributed by atoms with Gasteiger partial charge in [-0.25, -0.2) is 0 Å². The summed E-state index contributed by atoms with van der Waals surface area (Å²) < 4.78 is 38.8. The molecule has 1 amide bonds. The van der Waals surface area contributed by atoms with Crippen molar-refractivity contribution in [2.75, 3.05) is 11.9 Å². The maximum Gasteiger partial charge on any atom is 0.418 e. The predicted molar refractivity (Wildman–Crippen MR) is 74.6 cm³/mol. The fraction of sp³-hybridized carbons (Fsp3) is 0.533. The number of rotatable bonds is 3. The molecule has 1 saturated carbocycles. The Morgan fingerprint density at radius 2 is 1.81 bits per heavy atom. The van der Waals surface area contributed by atoms with E-state index in [9.17, 15) is 18.0 Å². The summed E-state index contributed by atoms with van der Waals surface area (Å²) in [4.78, 5) is 12.4. The summed E-state index contributed by atoms with van der Waals surface area (Å²) in [6.45, 7) is 0.160. The third-order valence-corrected chi connectivity index (χ3v) is 4.16. The van der Waals surface area contributed by atoms with Gasteiger partial charge in [0.1, 0.15) is 0 Å². The minimum absolute atomic E-state index is 0.160. The van der Waals surface area contributed by atoms with Crippen molar-refractivity contribution in [3.8, 4) is 0 Å². The first-order valence-corrected chi connectivity index (χ1v) is 7.07. The van der Waals surface area contributed by atoms with Gasteiger partial charge in [0.2, 0.25) is 5.91 Å². The Morgan fingerprint density at radius 3 is 2.38 bits per heavy atom. The number of nitrogens with two attached hydrogens (primary N) is 1. The van der Waals surface area contributed by atoms with Gasteiger partial charge in [0, 0.05) is 6.54 Å². The molecule has 0 unspecified atom stereocenters.